The minimum Gasteiger partial charge on any atom is -0.481 e. The smallest absolute Gasteiger partial charge is 0.227 e. The number of nitrogens with one attached hydrogen (secondary N) is 1. The molecule has 1 aromatic rings. The van der Waals surface area contributed by atoms with Crippen molar-refractivity contribution < 1.29 is 14.6 Å². The van der Waals surface area contributed by atoms with E-state index >= 15 is 0 Å². The summed E-state index contributed by atoms with van der Waals surface area (Å²) in [4.78, 5) is 13.5. The highest BCUT2D eigenvalue weighted by Gasteiger charge is 2.11. The van der Waals surface area contributed by atoms with Crippen molar-refractivity contribution in [3.05, 3.63) is 24.3 Å². The van der Waals surface area contributed by atoms with Gasteiger partial charge in [0.25, 0.3) is 0 Å². The predicted molar refractivity (Wildman–Crippen MR) is 78.6 cm³/mol. The summed E-state index contributed by atoms with van der Waals surface area (Å²) in [5.41, 5.74) is 0.653. The molecule has 0 aliphatic rings. The van der Waals surface area contributed by atoms with Gasteiger partial charge in [0.05, 0.1) is 12.5 Å². The van der Waals surface area contributed by atoms with Gasteiger partial charge in [0.1, 0.15) is 12.4 Å². The normalized spacial score (nSPS) is 11.8. The Labute approximate surface area is 119 Å². The molecule has 1 unspecified atom stereocenters. The Balaban J connectivity index is 2.44. The van der Waals surface area contributed by atoms with E-state index < -0.39 is 6.10 Å². The van der Waals surface area contributed by atoms with Crippen molar-refractivity contribution >= 4 is 11.6 Å². The Morgan fingerprint density at radius 2 is 2.10 bits per heavy atom. The molecule has 0 radical (unpaired) electrons. The highest BCUT2D eigenvalue weighted by Crippen LogP contribution is 2.15. The highest BCUT2D eigenvalue weighted by atomic mass is 16.5. The third-order valence-corrected chi connectivity index (χ3v) is 2.46. The first kappa shape index (κ1) is 16.0. The number of amides is 1. The van der Waals surface area contributed by atoms with Crippen molar-refractivity contribution in [1.82, 2.24) is 4.90 Å². The maximum Gasteiger partial charge on any atom is 0.227 e. The molecule has 1 atom stereocenters. The number of carbonyl (C=O) groups is 1. The lowest BCUT2D eigenvalue weighted by Crippen LogP contribution is -2.29. The third kappa shape index (κ3) is 6.23. The molecule has 0 bridgehead atoms. The second-order valence-corrected chi connectivity index (χ2v) is 4.69. The SMILES string of the molecule is C#CCOc1ccc(NC(=O)CC(O)CN(C)C)cc1. The van der Waals surface area contributed by atoms with Crippen molar-refractivity contribution in [3.63, 3.8) is 0 Å². The number of hydrogen-bond acceptors (Lipinski definition) is 4. The maximum absolute atomic E-state index is 11.7. The number of terminal acetylenes is 1. The first-order valence-corrected chi connectivity index (χ1v) is 6.30. The van der Waals surface area contributed by atoms with Gasteiger partial charge in [0.15, 0.2) is 0 Å². The van der Waals surface area contributed by atoms with Gasteiger partial charge in [-0.05, 0) is 38.4 Å². The van der Waals surface area contributed by atoms with Crippen molar-refractivity contribution in [2.45, 2.75) is 12.5 Å². The second kappa shape index (κ2) is 8.20. The molecule has 20 heavy (non-hydrogen) atoms. The van der Waals surface area contributed by atoms with Crippen LogP contribution in [0.15, 0.2) is 24.3 Å². The van der Waals surface area contributed by atoms with Crippen LogP contribution < -0.4 is 10.1 Å². The molecule has 0 aliphatic heterocycles. The molecular weight excluding hydrogens is 256 g/mol. The number of likely N-dealkylation sites (N-methyl/N-ethyl adjacent to an activating group) is 1. The Bertz CT molecular complexity index is 463. The molecule has 2 N–H and O–H groups in total. The van der Waals surface area contributed by atoms with Crippen LogP contribution in [0.1, 0.15) is 6.42 Å². The summed E-state index contributed by atoms with van der Waals surface area (Å²) in [6.07, 6.45) is 4.48. The Morgan fingerprint density at radius 3 is 2.65 bits per heavy atom. The molecular formula is C15H20N2O3. The summed E-state index contributed by atoms with van der Waals surface area (Å²) in [5.74, 6) is 2.80. The van der Waals surface area contributed by atoms with E-state index in [1.807, 2.05) is 19.0 Å². The second-order valence-electron chi connectivity index (χ2n) is 4.69. The zero-order chi connectivity index (χ0) is 15.0. The molecule has 5 nitrogen and oxygen atoms in total. The lowest BCUT2D eigenvalue weighted by molar-refractivity contribution is -0.118. The quantitative estimate of drug-likeness (QED) is 0.728. The van der Waals surface area contributed by atoms with E-state index in [9.17, 15) is 9.90 Å². The number of rotatable bonds is 7. The van der Waals surface area contributed by atoms with Gasteiger partial charge in [-0.25, -0.2) is 0 Å². The minimum absolute atomic E-state index is 0.0630. The molecule has 5 heteroatoms. The largest absolute Gasteiger partial charge is 0.481 e. The molecule has 0 aliphatic carbocycles. The van der Waals surface area contributed by atoms with Crippen LogP contribution in [0.4, 0.5) is 5.69 Å². The number of benzene rings is 1. The summed E-state index contributed by atoms with van der Waals surface area (Å²) < 4.78 is 5.23. The van der Waals surface area contributed by atoms with Gasteiger partial charge in [0.2, 0.25) is 5.91 Å². The van der Waals surface area contributed by atoms with Gasteiger partial charge < -0.3 is 20.1 Å². The van der Waals surface area contributed by atoms with E-state index in [1.54, 1.807) is 24.3 Å². The summed E-state index contributed by atoms with van der Waals surface area (Å²) >= 11 is 0. The molecule has 0 fully saturated rings. The van der Waals surface area contributed by atoms with Crippen molar-refractivity contribution in [1.29, 1.82) is 0 Å². The Morgan fingerprint density at radius 1 is 1.45 bits per heavy atom. The number of carbonyl (C=O) groups excluding carboxylic acids is 1. The molecule has 0 saturated carbocycles. The molecule has 0 heterocycles. The maximum atomic E-state index is 11.7. The lowest BCUT2D eigenvalue weighted by Gasteiger charge is -2.15. The first-order valence-electron chi connectivity index (χ1n) is 6.30. The fourth-order valence-corrected chi connectivity index (χ4v) is 1.67. The number of hydrogen-bond donors (Lipinski definition) is 2. The lowest BCUT2D eigenvalue weighted by atomic mass is 10.2. The van der Waals surface area contributed by atoms with Crippen molar-refractivity contribution in [2.24, 2.45) is 0 Å². The van der Waals surface area contributed by atoms with Crippen LogP contribution >= 0.6 is 0 Å². The molecule has 1 rings (SSSR count). The predicted octanol–water partition coefficient (Wildman–Crippen LogP) is 0.950. The summed E-state index contributed by atoms with van der Waals surface area (Å²) in [5, 5.41) is 12.4. The monoisotopic (exact) mass is 276 g/mol. The van der Waals surface area contributed by atoms with E-state index in [0.717, 1.165) is 0 Å². The van der Waals surface area contributed by atoms with Gasteiger partial charge >= 0.3 is 0 Å². The summed E-state index contributed by atoms with van der Waals surface area (Å²) in [7, 11) is 3.69. The number of aliphatic hydroxyl groups is 1. The molecule has 0 spiro atoms. The Hall–Kier alpha value is -2.03. The fourth-order valence-electron chi connectivity index (χ4n) is 1.67. The van der Waals surface area contributed by atoms with Gasteiger partial charge in [-0.15, -0.1) is 6.42 Å². The van der Waals surface area contributed by atoms with Crippen LogP contribution in [0.25, 0.3) is 0 Å². The molecule has 1 aromatic carbocycles. The van der Waals surface area contributed by atoms with E-state index in [4.69, 9.17) is 11.2 Å². The number of anilines is 1. The van der Waals surface area contributed by atoms with Crippen LogP contribution in [0.3, 0.4) is 0 Å². The zero-order valence-corrected chi connectivity index (χ0v) is 11.8. The molecule has 0 saturated heterocycles. The summed E-state index contributed by atoms with van der Waals surface area (Å²) in [6, 6.07) is 6.90. The van der Waals surface area contributed by atoms with Crippen LogP contribution in [0, 0.1) is 12.3 Å². The van der Waals surface area contributed by atoms with Crippen LogP contribution in [-0.4, -0.2) is 49.3 Å². The summed E-state index contributed by atoms with van der Waals surface area (Å²) in [6.45, 7) is 0.661. The standard InChI is InChI=1S/C15H20N2O3/c1-4-9-20-14-7-5-12(6-8-14)16-15(19)10-13(18)11-17(2)3/h1,5-8,13,18H,9-11H2,2-3H3,(H,16,19). The number of ether oxygens (including phenoxy) is 1. The average Bonchev–Trinajstić information content (AvgIpc) is 2.36. The average molecular weight is 276 g/mol. The minimum atomic E-state index is -0.678. The highest BCUT2D eigenvalue weighted by molar-refractivity contribution is 5.91. The van der Waals surface area contributed by atoms with Crippen LogP contribution in [-0.2, 0) is 4.79 Å². The zero-order valence-electron chi connectivity index (χ0n) is 11.8. The topological polar surface area (TPSA) is 61.8 Å². The third-order valence-electron chi connectivity index (χ3n) is 2.46. The fraction of sp³-hybridized carbons (Fsp3) is 0.400. The van der Waals surface area contributed by atoms with Crippen molar-refractivity contribution in [2.75, 3.05) is 32.6 Å². The van der Waals surface area contributed by atoms with Gasteiger partial charge in [-0.1, -0.05) is 5.92 Å². The Kier molecular flexibility index (Phi) is 6.57. The van der Waals surface area contributed by atoms with Crippen LogP contribution in [0.2, 0.25) is 0 Å². The van der Waals surface area contributed by atoms with E-state index in [1.165, 1.54) is 0 Å². The van der Waals surface area contributed by atoms with E-state index in [-0.39, 0.29) is 18.9 Å². The molecule has 108 valence electrons. The molecule has 0 aromatic heterocycles. The number of aliphatic hydroxyl groups excluding tert-OH is 1. The van der Waals surface area contributed by atoms with Gasteiger partial charge in [-0.2, -0.15) is 0 Å². The van der Waals surface area contributed by atoms with E-state index in [0.29, 0.717) is 18.0 Å². The van der Waals surface area contributed by atoms with Crippen molar-refractivity contribution in [3.8, 4) is 18.1 Å². The van der Waals surface area contributed by atoms with Crippen LogP contribution in [0.5, 0.6) is 5.75 Å². The van der Waals surface area contributed by atoms with Gasteiger partial charge in [0, 0.05) is 12.2 Å². The van der Waals surface area contributed by atoms with E-state index in [2.05, 4.69) is 11.2 Å². The number of nitrogens with zero attached hydrogens (tertiary/aromatic N) is 1. The van der Waals surface area contributed by atoms with Gasteiger partial charge in [-0.3, -0.25) is 4.79 Å². The molecule has 1 amide bonds. The first-order chi connectivity index (χ1) is 9.51.